The molecule has 0 saturated heterocycles. The summed E-state index contributed by atoms with van der Waals surface area (Å²) in [6.45, 7) is 0.674. The molecule has 0 aliphatic rings. The van der Waals surface area contributed by atoms with Crippen molar-refractivity contribution in [1.82, 2.24) is 24.9 Å². The maximum absolute atomic E-state index is 13.0. The lowest BCUT2D eigenvalue weighted by Crippen LogP contribution is -2.25. The van der Waals surface area contributed by atoms with Gasteiger partial charge in [-0.25, -0.2) is 0 Å². The molecule has 6 nitrogen and oxygen atoms in total. The van der Waals surface area contributed by atoms with Crippen LogP contribution in [0.15, 0.2) is 48.9 Å². The molecule has 26 heavy (non-hydrogen) atoms. The highest BCUT2D eigenvalue weighted by Crippen LogP contribution is 2.30. The molecule has 0 unspecified atom stereocenters. The highest BCUT2D eigenvalue weighted by molar-refractivity contribution is 5.95. The third-order valence-electron chi connectivity index (χ3n) is 3.69. The quantitative estimate of drug-likeness (QED) is 0.758. The van der Waals surface area contributed by atoms with E-state index in [2.05, 4.69) is 15.5 Å². The van der Waals surface area contributed by atoms with E-state index in [1.54, 1.807) is 16.9 Å². The molecular formula is C17H16F3N5O. The molecule has 0 saturated carbocycles. The zero-order chi connectivity index (χ0) is 18.7. The molecular weight excluding hydrogens is 347 g/mol. The molecule has 1 amide bonds. The Morgan fingerprint density at radius 2 is 2.00 bits per heavy atom. The van der Waals surface area contributed by atoms with Crippen molar-refractivity contribution in [3.8, 4) is 0 Å². The first-order valence-electron chi connectivity index (χ1n) is 7.77. The fourth-order valence-corrected chi connectivity index (χ4v) is 2.56. The summed E-state index contributed by atoms with van der Waals surface area (Å²) in [5.41, 5.74) is 0.0656. The lowest BCUT2D eigenvalue weighted by atomic mass is 10.1. The number of alkyl halides is 3. The highest BCUT2D eigenvalue weighted by atomic mass is 19.4. The van der Waals surface area contributed by atoms with Gasteiger partial charge in [-0.15, -0.1) is 0 Å². The summed E-state index contributed by atoms with van der Waals surface area (Å²) in [5.74, 6) is -0.817. The summed E-state index contributed by atoms with van der Waals surface area (Å²) in [7, 11) is 1.34. The predicted octanol–water partition coefficient (Wildman–Crippen LogP) is 2.61. The first kappa shape index (κ1) is 17.7. The van der Waals surface area contributed by atoms with Gasteiger partial charge in [0.25, 0.3) is 5.91 Å². The number of nitrogens with one attached hydrogen (secondary N) is 1. The topological polar surface area (TPSA) is 64.7 Å². The fraction of sp³-hybridized carbons (Fsp3) is 0.235. The van der Waals surface area contributed by atoms with Crippen LogP contribution in [0.3, 0.4) is 0 Å². The third-order valence-corrected chi connectivity index (χ3v) is 3.69. The van der Waals surface area contributed by atoms with Crippen LogP contribution in [0.4, 0.5) is 13.2 Å². The SMILES string of the molecule is Cn1cc(C(=O)NCc2cccc(Cn3cccn3)c2)c(C(F)(F)F)n1. The smallest absolute Gasteiger partial charge is 0.348 e. The van der Waals surface area contributed by atoms with Gasteiger partial charge in [-0.3, -0.25) is 14.2 Å². The predicted molar refractivity (Wildman–Crippen MR) is 87.2 cm³/mol. The van der Waals surface area contributed by atoms with Crippen LogP contribution in [-0.4, -0.2) is 25.5 Å². The van der Waals surface area contributed by atoms with Crippen molar-refractivity contribution in [2.75, 3.05) is 0 Å². The number of hydrogen-bond donors (Lipinski definition) is 1. The van der Waals surface area contributed by atoms with Gasteiger partial charge in [-0.1, -0.05) is 24.3 Å². The minimum Gasteiger partial charge on any atom is -0.348 e. The molecule has 136 valence electrons. The van der Waals surface area contributed by atoms with Crippen LogP contribution in [0.1, 0.15) is 27.2 Å². The van der Waals surface area contributed by atoms with E-state index >= 15 is 0 Å². The molecule has 2 aromatic heterocycles. The second-order valence-electron chi connectivity index (χ2n) is 5.77. The number of halogens is 3. The maximum Gasteiger partial charge on any atom is 0.435 e. The number of carbonyl (C=O) groups is 1. The van der Waals surface area contributed by atoms with E-state index in [9.17, 15) is 18.0 Å². The second kappa shape index (κ2) is 7.03. The van der Waals surface area contributed by atoms with Crippen molar-refractivity contribution in [1.29, 1.82) is 0 Å². The molecule has 0 aliphatic carbocycles. The van der Waals surface area contributed by atoms with Gasteiger partial charge in [0.1, 0.15) is 0 Å². The summed E-state index contributed by atoms with van der Waals surface area (Å²) >= 11 is 0. The minimum atomic E-state index is -4.68. The number of rotatable bonds is 5. The second-order valence-corrected chi connectivity index (χ2v) is 5.77. The first-order chi connectivity index (χ1) is 12.3. The Morgan fingerprint density at radius 1 is 1.23 bits per heavy atom. The van der Waals surface area contributed by atoms with E-state index in [4.69, 9.17) is 0 Å². The number of aryl methyl sites for hydroxylation is 1. The number of amides is 1. The van der Waals surface area contributed by atoms with E-state index in [1.165, 1.54) is 7.05 Å². The summed E-state index contributed by atoms with van der Waals surface area (Å²) in [6, 6.07) is 9.22. The van der Waals surface area contributed by atoms with Crippen LogP contribution in [0.5, 0.6) is 0 Å². The normalized spacial score (nSPS) is 11.5. The monoisotopic (exact) mass is 363 g/mol. The number of nitrogens with zero attached hydrogens (tertiary/aromatic N) is 4. The molecule has 3 aromatic rings. The van der Waals surface area contributed by atoms with Crippen molar-refractivity contribution in [3.05, 3.63) is 71.3 Å². The summed E-state index contributed by atoms with van der Waals surface area (Å²) in [4.78, 5) is 12.2. The number of benzene rings is 1. The van der Waals surface area contributed by atoms with Gasteiger partial charge in [0.2, 0.25) is 0 Å². The Bertz CT molecular complexity index is 900. The molecule has 0 atom stereocenters. The highest BCUT2D eigenvalue weighted by Gasteiger charge is 2.38. The van der Waals surface area contributed by atoms with Crippen LogP contribution >= 0.6 is 0 Å². The number of aromatic nitrogens is 4. The van der Waals surface area contributed by atoms with E-state index < -0.39 is 23.3 Å². The van der Waals surface area contributed by atoms with Crippen LogP contribution in [-0.2, 0) is 26.3 Å². The Morgan fingerprint density at radius 3 is 2.69 bits per heavy atom. The van der Waals surface area contributed by atoms with Crippen molar-refractivity contribution in [2.24, 2.45) is 7.05 Å². The number of hydrogen-bond acceptors (Lipinski definition) is 3. The van der Waals surface area contributed by atoms with Gasteiger partial charge in [0.05, 0.1) is 12.1 Å². The number of carbonyl (C=O) groups excluding carboxylic acids is 1. The molecule has 1 aromatic carbocycles. The van der Waals surface area contributed by atoms with Gasteiger partial charge in [0.15, 0.2) is 5.69 Å². The molecule has 0 fully saturated rings. The van der Waals surface area contributed by atoms with Gasteiger partial charge in [-0.2, -0.15) is 23.4 Å². The average Bonchev–Trinajstić information content (AvgIpc) is 3.22. The van der Waals surface area contributed by atoms with Gasteiger partial charge in [0, 0.05) is 32.2 Å². The third kappa shape index (κ3) is 4.11. The Kier molecular flexibility index (Phi) is 4.79. The molecule has 9 heteroatoms. The van der Waals surface area contributed by atoms with Crippen LogP contribution in [0, 0.1) is 0 Å². The van der Waals surface area contributed by atoms with Crippen LogP contribution in [0.2, 0.25) is 0 Å². The van der Waals surface area contributed by atoms with Crippen molar-refractivity contribution in [2.45, 2.75) is 19.3 Å². The van der Waals surface area contributed by atoms with Gasteiger partial charge < -0.3 is 5.32 Å². The minimum absolute atomic E-state index is 0.109. The summed E-state index contributed by atoms with van der Waals surface area (Å²) < 4.78 is 41.6. The van der Waals surface area contributed by atoms with Crippen molar-refractivity contribution < 1.29 is 18.0 Å². The standard InChI is InChI=1S/C17H16F3N5O/c1-24-11-14(15(23-24)17(18,19)20)16(26)21-9-12-4-2-5-13(8-12)10-25-7-3-6-22-25/h2-8,11H,9-10H2,1H3,(H,21,26). The molecule has 3 rings (SSSR count). The zero-order valence-electron chi connectivity index (χ0n) is 13.9. The van der Waals surface area contributed by atoms with E-state index in [0.29, 0.717) is 6.54 Å². The molecule has 2 heterocycles. The molecule has 0 spiro atoms. The molecule has 0 aliphatic heterocycles. The largest absolute Gasteiger partial charge is 0.435 e. The molecule has 0 radical (unpaired) electrons. The fourth-order valence-electron chi connectivity index (χ4n) is 2.56. The van der Waals surface area contributed by atoms with Crippen LogP contribution < -0.4 is 5.32 Å². The van der Waals surface area contributed by atoms with Crippen molar-refractivity contribution in [3.63, 3.8) is 0 Å². The van der Waals surface area contributed by atoms with Crippen molar-refractivity contribution >= 4 is 5.91 Å². The van der Waals surface area contributed by atoms with E-state index in [1.807, 2.05) is 30.5 Å². The Balaban J connectivity index is 1.69. The Labute approximate surface area is 147 Å². The van der Waals surface area contributed by atoms with Gasteiger partial charge in [-0.05, 0) is 17.2 Å². The molecule has 0 bridgehead atoms. The zero-order valence-corrected chi connectivity index (χ0v) is 13.9. The van der Waals surface area contributed by atoms with E-state index in [0.717, 1.165) is 22.0 Å². The van der Waals surface area contributed by atoms with Crippen LogP contribution in [0.25, 0.3) is 0 Å². The van der Waals surface area contributed by atoms with E-state index in [-0.39, 0.29) is 6.54 Å². The average molecular weight is 363 g/mol. The molecule has 1 N–H and O–H groups in total. The summed E-state index contributed by atoms with van der Waals surface area (Å²) in [5, 5.41) is 9.97. The lowest BCUT2D eigenvalue weighted by molar-refractivity contribution is -0.141. The maximum atomic E-state index is 13.0. The Hall–Kier alpha value is -3.10. The summed E-state index contributed by atoms with van der Waals surface area (Å²) in [6.07, 6.45) is -0.115. The van der Waals surface area contributed by atoms with Gasteiger partial charge >= 0.3 is 6.18 Å². The lowest BCUT2D eigenvalue weighted by Gasteiger charge is -2.09. The first-order valence-corrected chi connectivity index (χ1v) is 7.77.